The second-order valence-corrected chi connectivity index (χ2v) is 3.83. The monoisotopic (exact) mass is 222 g/mol. The van der Waals surface area contributed by atoms with Gasteiger partial charge < -0.3 is 4.98 Å². The summed E-state index contributed by atoms with van der Waals surface area (Å²) in [6.45, 7) is 0. The number of aromatic nitrogens is 1. The minimum atomic E-state index is -0.136. The lowest BCUT2D eigenvalue weighted by Gasteiger charge is -2.01. The number of hydrogen-bond donors (Lipinski definition) is 1. The van der Waals surface area contributed by atoms with Crippen molar-refractivity contribution in [1.29, 1.82) is 5.39 Å². The van der Waals surface area contributed by atoms with E-state index in [1.54, 1.807) is 18.2 Å². The van der Waals surface area contributed by atoms with Crippen molar-refractivity contribution in [3.05, 3.63) is 57.8 Å². The van der Waals surface area contributed by atoms with Crippen LogP contribution in [-0.4, -0.2) is 4.98 Å². The summed E-state index contributed by atoms with van der Waals surface area (Å²) in [7, 11) is 0. The van der Waals surface area contributed by atoms with Crippen molar-refractivity contribution in [2.75, 3.05) is 0 Å². The predicted molar refractivity (Wildman–Crippen MR) is 66.8 cm³/mol. The third-order valence-corrected chi connectivity index (χ3v) is 2.83. The fourth-order valence-corrected chi connectivity index (χ4v) is 2.04. The maximum atomic E-state index is 11.8. The van der Waals surface area contributed by atoms with E-state index in [9.17, 15) is 4.79 Å². The van der Waals surface area contributed by atoms with Crippen molar-refractivity contribution >= 4 is 27.4 Å². The highest BCUT2D eigenvalue weighted by atomic mass is 16.1. The van der Waals surface area contributed by atoms with Gasteiger partial charge in [-0.15, -0.1) is 0 Å². The number of nitrogens with one attached hydrogen (secondary N) is 1. The van der Waals surface area contributed by atoms with Crippen LogP contribution in [0.5, 0.6) is 0 Å². The molecule has 0 aliphatic carbocycles. The Morgan fingerprint density at radius 2 is 1.76 bits per heavy atom. The minimum Gasteiger partial charge on any atom is -0.321 e. The number of H-pyrrole nitrogens is 1. The standard InChI is InChI=1S/C13H7N3O/c14-16-8-5-6-10-9-3-1-2-4-11(9)13(17)15-12(10)7-8/h1-7H/p+1. The van der Waals surface area contributed by atoms with Crippen LogP contribution < -0.4 is 5.56 Å². The molecule has 4 heteroatoms. The molecule has 1 N–H and O–H groups in total. The van der Waals surface area contributed by atoms with E-state index in [1.807, 2.05) is 24.3 Å². The Balaban J connectivity index is 2.58. The molecule has 80 valence electrons. The van der Waals surface area contributed by atoms with Gasteiger partial charge in [0.05, 0.1) is 11.6 Å². The molecule has 0 atom stereocenters. The summed E-state index contributed by atoms with van der Waals surface area (Å²) in [6.07, 6.45) is 0. The molecule has 1 heterocycles. The van der Waals surface area contributed by atoms with Crippen LogP contribution in [0.2, 0.25) is 0 Å². The number of hydrogen-bond acceptors (Lipinski definition) is 2. The topological polar surface area (TPSA) is 61.0 Å². The van der Waals surface area contributed by atoms with Gasteiger partial charge in [-0.05, 0) is 17.5 Å². The van der Waals surface area contributed by atoms with Crippen LogP contribution >= 0.6 is 0 Å². The van der Waals surface area contributed by atoms with Gasteiger partial charge in [0.25, 0.3) is 5.56 Å². The first kappa shape index (κ1) is 9.55. The van der Waals surface area contributed by atoms with Gasteiger partial charge in [-0.1, -0.05) is 18.2 Å². The van der Waals surface area contributed by atoms with E-state index in [2.05, 4.69) is 9.96 Å². The lowest BCUT2D eigenvalue weighted by molar-refractivity contribution is 1.34. The van der Waals surface area contributed by atoms with Gasteiger partial charge in [0, 0.05) is 16.8 Å². The summed E-state index contributed by atoms with van der Waals surface area (Å²) in [5.41, 5.74) is 0.954. The predicted octanol–water partition coefficient (Wildman–Crippen LogP) is 3.17. The summed E-state index contributed by atoms with van der Waals surface area (Å²) in [4.78, 5) is 17.7. The third-order valence-electron chi connectivity index (χ3n) is 2.83. The lowest BCUT2D eigenvalue weighted by atomic mass is 10.1. The summed E-state index contributed by atoms with van der Waals surface area (Å²) in [5, 5.41) is 11.2. The van der Waals surface area contributed by atoms with Crippen molar-refractivity contribution in [2.45, 2.75) is 0 Å². The highest BCUT2D eigenvalue weighted by Gasteiger charge is 2.09. The molecular weight excluding hydrogens is 214 g/mol. The normalized spacial score (nSPS) is 10.5. The maximum absolute atomic E-state index is 11.8. The fraction of sp³-hybridized carbons (Fsp3) is 0. The summed E-state index contributed by atoms with van der Waals surface area (Å²) >= 11 is 0. The molecule has 0 unspecified atom stereocenters. The first-order valence-corrected chi connectivity index (χ1v) is 5.19. The number of pyridine rings is 1. The van der Waals surface area contributed by atoms with E-state index >= 15 is 0 Å². The van der Waals surface area contributed by atoms with E-state index in [1.165, 1.54) is 0 Å². The van der Waals surface area contributed by atoms with Crippen LogP contribution in [0.15, 0.2) is 47.3 Å². The summed E-state index contributed by atoms with van der Waals surface area (Å²) in [6, 6.07) is 12.6. The molecule has 0 saturated carbocycles. The molecule has 0 amide bonds. The molecule has 3 aromatic rings. The Morgan fingerprint density at radius 1 is 1.00 bits per heavy atom. The first-order chi connectivity index (χ1) is 8.29. The maximum Gasteiger partial charge on any atom is 0.387 e. The van der Waals surface area contributed by atoms with Crippen molar-refractivity contribution in [1.82, 2.24) is 4.98 Å². The molecule has 0 spiro atoms. The second-order valence-electron chi connectivity index (χ2n) is 3.83. The highest BCUT2D eigenvalue weighted by molar-refractivity contribution is 6.05. The molecule has 0 saturated heterocycles. The number of rotatable bonds is 0. The number of benzene rings is 2. The molecule has 0 aliphatic heterocycles. The smallest absolute Gasteiger partial charge is 0.321 e. The van der Waals surface area contributed by atoms with Gasteiger partial charge in [-0.25, -0.2) is 0 Å². The Bertz CT molecular complexity index is 827. The van der Waals surface area contributed by atoms with Crippen molar-refractivity contribution in [2.24, 2.45) is 0 Å². The largest absolute Gasteiger partial charge is 0.387 e. The third kappa shape index (κ3) is 1.37. The molecule has 2 aromatic carbocycles. The average Bonchev–Trinajstić information content (AvgIpc) is 2.38. The van der Waals surface area contributed by atoms with Crippen molar-refractivity contribution in [3.63, 3.8) is 0 Å². The highest BCUT2D eigenvalue weighted by Crippen LogP contribution is 2.24. The Kier molecular flexibility index (Phi) is 1.92. The van der Waals surface area contributed by atoms with Gasteiger partial charge in [0.1, 0.15) is 0 Å². The molecule has 0 fully saturated rings. The molecule has 4 nitrogen and oxygen atoms in total. The fourth-order valence-electron chi connectivity index (χ4n) is 2.04. The van der Waals surface area contributed by atoms with Gasteiger partial charge >= 0.3 is 5.69 Å². The number of fused-ring (bicyclic) bond motifs is 3. The van der Waals surface area contributed by atoms with Crippen LogP contribution in [-0.2, 0) is 0 Å². The van der Waals surface area contributed by atoms with E-state index in [-0.39, 0.29) is 5.56 Å². The Labute approximate surface area is 96.1 Å². The molecule has 1 aromatic heterocycles. The number of aromatic amines is 1. The van der Waals surface area contributed by atoms with Crippen LogP contribution in [0, 0.1) is 5.39 Å². The Morgan fingerprint density at radius 3 is 2.53 bits per heavy atom. The zero-order chi connectivity index (χ0) is 11.8. The molecule has 0 bridgehead atoms. The number of nitrogens with zero attached hydrogens (tertiary/aromatic N) is 2. The summed E-state index contributed by atoms with van der Waals surface area (Å²) < 4.78 is 0. The lowest BCUT2D eigenvalue weighted by Crippen LogP contribution is -2.05. The molecule has 0 radical (unpaired) electrons. The van der Waals surface area contributed by atoms with Crippen LogP contribution in [0.25, 0.3) is 26.7 Å². The van der Waals surface area contributed by atoms with Crippen LogP contribution in [0.1, 0.15) is 0 Å². The van der Waals surface area contributed by atoms with Crippen LogP contribution in [0.4, 0.5) is 5.69 Å². The minimum absolute atomic E-state index is 0.136. The van der Waals surface area contributed by atoms with Crippen molar-refractivity contribution in [3.8, 4) is 0 Å². The zero-order valence-corrected chi connectivity index (χ0v) is 8.84. The Hall–Kier alpha value is -2.67. The molecule has 0 aliphatic rings. The van der Waals surface area contributed by atoms with E-state index in [0.717, 1.165) is 10.8 Å². The first-order valence-electron chi connectivity index (χ1n) is 5.19. The SMILES string of the molecule is N#[N+]c1ccc2c(c1)[nH]c(=O)c1ccccc12. The van der Waals surface area contributed by atoms with Gasteiger partial charge in [-0.2, -0.15) is 0 Å². The second kappa shape index (κ2) is 3.42. The van der Waals surface area contributed by atoms with Gasteiger partial charge in [-0.3, -0.25) is 4.79 Å². The van der Waals surface area contributed by atoms with Crippen LogP contribution in [0.3, 0.4) is 0 Å². The molecule has 3 rings (SSSR count). The van der Waals surface area contributed by atoms with Gasteiger partial charge in [0.2, 0.25) is 5.39 Å². The van der Waals surface area contributed by atoms with Gasteiger partial charge in [0.15, 0.2) is 4.98 Å². The average molecular weight is 222 g/mol. The van der Waals surface area contributed by atoms with E-state index in [0.29, 0.717) is 16.6 Å². The molecule has 17 heavy (non-hydrogen) atoms. The van der Waals surface area contributed by atoms with E-state index in [4.69, 9.17) is 5.39 Å². The molecular formula is C13H8N3O+. The van der Waals surface area contributed by atoms with E-state index < -0.39 is 0 Å². The number of diazo groups is 1. The summed E-state index contributed by atoms with van der Waals surface area (Å²) in [5.74, 6) is 0. The zero-order valence-electron chi connectivity index (χ0n) is 8.84. The van der Waals surface area contributed by atoms with Crippen molar-refractivity contribution < 1.29 is 0 Å². The quantitative estimate of drug-likeness (QED) is 0.469.